The molecule has 1 aromatic heterocycles. The Morgan fingerprint density at radius 2 is 1.94 bits per heavy atom. The first-order chi connectivity index (χ1) is 8.65. The lowest BCUT2D eigenvalue weighted by atomic mass is 9.99. The van der Waals surface area contributed by atoms with Crippen LogP contribution in [0.3, 0.4) is 0 Å². The summed E-state index contributed by atoms with van der Waals surface area (Å²) in [5, 5.41) is 9.70. The van der Waals surface area contributed by atoms with Gasteiger partial charge in [-0.05, 0) is 31.7 Å². The first-order valence-electron chi connectivity index (χ1n) is 6.25. The summed E-state index contributed by atoms with van der Waals surface area (Å²) in [6.07, 6.45) is 4.13. The highest BCUT2D eigenvalue weighted by Gasteiger charge is 2.42. The van der Waals surface area contributed by atoms with E-state index < -0.39 is 5.63 Å². The lowest BCUT2D eigenvalue weighted by Crippen LogP contribution is -2.48. The molecule has 0 aliphatic carbocycles. The molecule has 2 aliphatic heterocycles. The topological polar surface area (TPSA) is 70.8 Å². The Morgan fingerprint density at radius 3 is 2.50 bits per heavy atom. The Hall–Kier alpha value is -1.62. The van der Waals surface area contributed by atoms with Crippen molar-refractivity contribution in [2.75, 3.05) is 0 Å². The Bertz CT molecular complexity index is 489. The molecule has 2 bridgehead atoms. The number of amides is 1. The molecule has 96 valence electrons. The molecule has 0 radical (unpaired) electrons. The molecular weight excluding hydrogens is 234 g/mol. The van der Waals surface area contributed by atoms with Gasteiger partial charge in [0.25, 0.3) is 5.91 Å². The van der Waals surface area contributed by atoms with Gasteiger partial charge in [0.2, 0.25) is 0 Å². The molecule has 0 aromatic carbocycles. The molecule has 2 fully saturated rings. The molecular formula is C13H15NO4. The lowest BCUT2D eigenvalue weighted by molar-refractivity contribution is 0.0285. The maximum absolute atomic E-state index is 12.4. The number of hydrogen-bond donors (Lipinski definition) is 1. The number of carbonyl (C=O) groups is 1. The zero-order chi connectivity index (χ0) is 12.7. The molecule has 2 aliphatic rings. The van der Waals surface area contributed by atoms with E-state index in [2.05, 4.69) is 0 Å². The Morgan fingerprint density at radius 1 is 1.28 bits per heavy atom. The molecule has 2 atom stereocenters. The van der Waals surface area contributed by atoms with Crippen LogP contribution in [0.25, 0.3) is 0 Å². The maximum atomic E-state index is 12.4. The van der Waals surface area contributed by atoms with Crippen LogP contribution in [0.2, 0.25) is 0 Å². The second-order valence-electron chi connectivity index (χ2n) is 5.07. The first kappa shape index (κ1) is 11.5. The molecule has 2 unspecified atom stereocenters. The van der Waals surface area contributed by atoms with Gasteiger partial charge in [0.05, 0.1) is 11.7 Å². The second-order valence-corrected chi connectivity index (χ2v) is 5.07. The van der Waals surface area contributed by atoms with Crippen LogP contribution in [-0.2, 0) is 0 Å². The van der Waals surface area contributed by atoms with Gasteiger partial charge in [-0.1, -0.05) is 0 Å². The van der Waals surface area contributed by atoms with Crippen molar-refractivity contribution in [2.24, 2.45) is 0 Å². The summed E-state index contributed by atoms with van der Waals surface area (Å²) in [6.45, 7) is 0. The third-order valence-electron chi connectivity index (χ3n) is 3.89. The van der Waals surface area contributed by atoms with Crippen LogP contribution in [0.15, 0.2) is 27.6 Å². The summed E-state index contributed by atoms with van der Waals surface area (Å²) in [5.41, 5.74) is -0.0496. The Balaban J connectivity index is 1.85. The minimum Gasteiger partial charge on any atom is -0.430 e. The van der Waals surface area contributed by atoms with E-state index in [9.17, 15) is 14.7 Å². The molecule has 0 saturated carbocycles. The van der Waals surface area contributed by atoms with Crippen molar-refractivity contribution in [2.45, 2.75) is 43.9 Å². The highest BCUT2D eigenvalue weighted by Crippen LogP contribution is 2.36. The summed E-state index contributed by atoms with van der Waals surface area (Å²) in [5.74, 6) is -0.0989. The molecule has 2 saturated heterocycles. The minimum absolute atomic E-state index is 0.0989. The highest BCUT2D eigenvalue weighted by atomic mass is 16.4. The molecule has 3 rings (SSSR count). The summed E-state index contributed by atoms with van der Waals surface area (Å²) in [4.78, 5) is 25.1. The quantitative estimate of drug-likeness (QED) is 0.798. The van der Waals surface area contributed by atoms with Crippen molar-refractivity contribution >= 4 is 5.91 Å². The van der Waals surface area contributed by atoms with Crippen molar-refractivity contribution in [3.63, 3.8) is 0 Å². The van der Waals surface area contributed by atoms with E-state index in [-0.39, 0.29) is 24.1 Å². The fourth-order valence-electron chi connectivity index (χ4n) is 3.11. The van der Waals surface area contributed by atoms with Gasteiger partial charge in [-0.3, -0.25) is 4.79 Å². The third kappa shape index (κ3) is 1.84. The van der Waals surface area contributed by atoms with E-state index in [4.69, 9.17) is 4.42 Å². The standard InChI is InChI=1S/C13H15NO4/c15-11-5-9-2-3-10(6-11)14(9)13(17)8-1-4-12(16)18-7-8/h1,4,7,9-11,15H,2-3,5-6H2. The van der Waals surface area contributed by atoms with Gasteiger partial charge >= 0.3 is 5.63 Å². The SMILES string of the molecule is O=C(c1ccc(=O)oc1)N1C2CCC1CC(O)C2. The summed E-state index contributed by atoms with van der Waals surface area (Å²) < 4.78 is 4.73. The van der Waals surface area contributed by atoms with Crippen molar-refractivity contribution in [1.29, 1.82) is 0 Å². The van der Waals surface area contributed by atoms with Crippen molar-refractivity contribution in [1.82, 2.24) is 4.90 Å². The molecule has 0 spiro atoms. The maximum Gasteiger partial charge on any atom is 0.335 e. The highest BCUT2D eigenvalue weighted by molar-refractivity contribution is 5.94. The van der Waals surface area contributed by atoms with Crippen LogP contribution < -0.4 is 5.63 Å². The van der Waals surface area contributed by atoms with Crippen molar-refractivity contribution in [3.8, 4) is 0 Å². The molecule has 1 N–H and O–H groups in total. The summed E-state index contributed by atoms with van der Waals surface area (Å²) in [7, 11) is 0. The number of hydrogen-bond acceptors (Lipinski definition) is 4. The number of carbonyl (C=O) groups excluding carboxylic acids is 1. The zero-order valence-corrected chi connectivity index (χ0v) is 9.91. The molecule has 1 amide bonds. The van der Waals surface area contributed by atoms with E-state index in [1.165, 1.54) is 18.4 Å². The van der Waals surface area contributed by atoms with Gasteiger partial charge in [-0.15, -0.1) is 0 Å². The third-order valence-corrected chi connectivity index (χ3v) is 3.89. The molecule has 18 heavy (non-hydrogen) atoms. The number of aliphatic hydroxyl groups excluding tert-OH is 1. The van der Waals surface area contributed by atoms with Crippen LogP contribution in [0.1, 0.15) is 36.0 Å². The van der Waals surface area contributed by atoms with Gasteiger partial charge in [0.15, 0.2) is 0 Å². The van der Waals surface area contributed by atoms with Crippen LogP contribution in [0.5, 0.6) is 0 Å². The number of rotatable bonds is 1. The van der Waals surface area contributed by atoms with E-state index in [0.29, 0.717) is 18.4 Å². The minimum atomic E-state index is -0.455. The smallest absolute Gasteiger partial charge is 0.335 e. The van der Waals surface area contributed by atoms with Gasteiger partial charge in [0, 0.05) is 18.2 Å². The number of fused-ring (bicyclic) bond motifs is 2. The fourth-order valence-corrected chi connectivity index (χ4v) is 3.11. The average molecular weight is 249 g/mol. The Kier molecular flexibility index (Phi) is 2.70. The van der Waals surface area contributed by atoms with Crippen LogP contribution in [-0.4, -0.2) is 34.1 Å². The van der Waals surface area contributed by atoms with Gasteiger partial charge < -0.3 is 14.4 Å². The molecule has 1 aromatic rings. The Labute approximate surface area is 104 Å². The molecule has 5 nitrogen and oxygen atoms in total. The number of piperidine rings is 1. The zero-order valence-electron chi connectivity index (χ0n) is 9.91. The van der Waals surface area contributed by atoms with Crippen LogP contribution in [0, 0.1) is 0 Å². The largest absolute Gasteiger partial charge is 0.430 e. The lowest BCUT2D eigenvalue weighted by Gasteiger charge is -2.37. The van der Waals surface area contributed by atoms with E-state index in [1.54, 1.807) is 0 Å². The van der Waals surface area contributed by atoms with Crippen molar-refractivity contribution < 1.29 is 14.3 Å². The van der Waals surface area contributed by atoms with Crippen LogP contribution >= 0.6 is 0 Å². The van der Waals surface area contributed by atoms with E-state index in [0.717, 1.165) is 12.8 Å². The van der Waals surface area contributed by atoms with E-state index >= 15 is 0 Å². The summed E-state index contributed by atoms with van der Waals surface area (Å²) in [6, 6.07) is 3.00. The predicted octanol–water partition coefficient (Wildman–Crippen LogP) is 0.768. The van der Waals surface area contributed by atoms with Crippen LogP contribution in [0.4, 0.5) is 0 Å². The normalized spacial score (nSPS) is 30.5. The predicted molar refractivity (Wildman–Crippen MR) is 63.2 cm³/mol. The van der Waals surface area contributed by atoms with Gasteiger partial charge in [-0.25, -0.2) is 4.79 Å². The fraction of sp³-hybridized carbons (Fsp3) is 0.538. The first-order valence-corrected chi connectivity index (χ1v) is 6.25. The van der Waals surface area contributed by atoms with E-state index in [1.807, 2.05) is 4.90 Å². The summed E-state index contributed by atoms with van der Waals surface area (Å²) >= 11 is 0. The number of aliphatic hydroxyl groups is 1. The van der Waals surface area contributed by atoms with Gasteiger partial charge in [-0.2, -0.15) is 0 Å². The number of nitrogens with zero attached hydrogens (tertiary/aromatic N) is 1. The molecule has 5 heteroatoms. The second kappa shape index (κ2) is 4.24. The average Bonchev–Trinajstić information content (AvgIpc) is 2.62. The molecule has 3 heterocycles. The van der Waals surface area contributed by atoms with Crippen molar-refractivity contribution in [3.05, 3.63) is 34.4 Å². The van der Waals surface area contributed by atoms with Gasteiger partial charge in [0.1, 0.15) is 6.26 Å². The monoisotopic (exact) mass is 249 g/mol.